The Morgan fingerprint density at radius 1 is 1.19 bits per heavy atom. The Morgan fingerprint density at radius 3 is 2.76 bits per heavy atom. The van der Waals surface area contributed by atoms with Gasteiger partial charge in [-0.05, 0) is 29.7 Å². The van der Waals surface area contributed by atoms with Crippen LogP contribution in [0.3, 0.4) is 0 Å². The Balaban J connectivity index is 1.77. The number of benzene rings is 1. The van der Waals surface area contributed by atoms with Crippen LogP contribution in [0.2, 0.25) is 5.02 Å². The van der Waals surface area contributed by atoms with Gasteiger partial charge < -0.3 is 9.84 Å². The van der Waals surface area contributed by atoms with Crippen LogP contribution in [0, 0.1) is 0 Å². The van der Waals surface area contributed by atoms with Gasteiger partial charge in [0, 0.05) is 17.9 Å². The maximum atomic E-state index is 10.2. The van der Waals surface area contributed by atoms with E-state index in [1.165, 1.54) is 37.7 Å². The highest BCUT2D eigenvalue weighted by Crippen LogP contribution is 2.33. The summed E-state index contributed by atoms with van der Waals surface area (Å²) >= 11 is 6.15. The molecule has 1 aromatic carbocycles. The first kappa shape index (κ1) is 16.6. The van der Waals surface area contributed by atoms with Gasteiger partial charge in [0.25, 0.3) is 0 Å². The lowest BCUT2D eigenvalue weighted by Gasteiger charge is -2.14. The van der Waals surface area contributed by atoms with Crippen molar-refractivity contribution in [1.29, 1.82) is 0 Å². The minimum atomic E-state index is -0.289. The Labute approximate surface area is 133 Å². The summed E-state index contributed by atoms with van der Waals surface area (Å²) in [5.74, 6) is 0.960. The first-order valence-corrected chi connectivity index (χ1v) is 8.70. The maximum absolute atomic E-state index is 10.2. The van der Waals surface area contributed by atoms with Gasteiger partial charge in [-0.25, -0.2) is 0 Å². The van der Waals surface area contributed by atoms with E-state index in [0.717, 1.165) is 42.2 Å². The molecule has 0 fully saturated rings. The Morgan fingerprint density at radius 2 is 1.95 bits per heavy atom. The monoisotopic (exact) mass is 310 g/mol. The molecule has 1 atom stereocenters. The van der Waals surface area contributed by atoms with E-state index in [0.29, 0.717) is 6.42 Å². The van der Waals surface area contributed by atoms with Crippen molar-refractivity contribution in [3.63, 3.8) is 0 Å². The van der Waals surface area contributed by atoms with Crippen LogP contribution < -0.4 is 4.74 Å². The van der Waals surface area contributed by atoms with Crippen molar-refractivity contribution >= 4 is 11.6 Å². The summed E-state index contributed by atoms with van der Waals surface area (Å²) in [7, 11) is 0. The molecule has 2 rings (SSSR count). The van der Waals surface area contributed by atoms with Crippen molar-refractivity contribution in [2.24, 2.45) is 0 Å². The quantitative estimate of drug-likeness (QED) is 0.655. The molecule has 1 heterocycles. The molecule has 0 saturated carbocycles. The second kappa shape index (κ2) is 8.65. The number of ether oxygens (including phenoxy) is 1. The van der Waals surface area contributed by atoms with E-state index < -0.39 is 0 Å². The molecule has 1 aliphatic heterocycles. The summed E-state index contributed by atoms with van der Waals surface area (Å²) < 4.78 is 5.69. The lowest BCUT2D eigenvalue weighted by atomic mass is 9.99. The molecule has 0 radical (unpaired) electrons. The number of aliphatic hydroxyl groups is 1. The van der Waals surface area contributed by atoms with Gasteiger partial charge in [-0.3, -0.25) is 0 Å². The van der Waals surface area contributed by atoms with Gasteiger partial charge in [0.2, 0.25) is 0 Å². The average Bonchev–Trinajstić information content (AvgIpc) is 2.91. The van der Waals surface area contributed by atoms with Gasteiger partial charge in [-0.2, -0.15) is 0 Å². The Kier molecular flexibility index (Phi) is 6.85. The van der Waals surface area contributed by atoms with E-state index in [-0.39, 0.29) is 6.10 Å². The third-order valence-electron chi connectivity index (χ3n) is 4.17. The van der Waals surface area contributed by atoms with Gasteiger partial charge >= 0.3 is 0 Å². The van der Waals surface area contributed by atoms with Gasteiger partial charge in [-0.15, -0.1) is 0 Å². The van der Waals surface area contributed by atoms with Gasteiger partial charge in [0.05, 0.1) is 12.7 Å². The summed E-state index contributed by atoms with van der Waals surface area (Å²) in [4.78, 5) is 0. The number of fused-ring (bicyclic) bond motifs is 1. The molecule has 0 aliphatic carbocycles. The number of rotatable bonds is 9. The van der Waals surface area contributed by atoms with Crippen LogP contribution in [-0.4, -0.2) is 17.8 Å². The summed E-state index contributed by atoms with van der Waals surface area (Å²) in [5.41, 5.74) is 2.25. The maximum Gasteiger partial charge on any atom is 0.126 e. The molecule has 21 heavy (non-hydrogen) atoms. The van der Waals surface area contributed by atoms with Crippen LogP contribution in [-0.2, 0) is 12.8 Å². The zero-order valence-electron chi connectivity index (χ0n) is 13.0. The molecule has 1 N–H and O–H groups in total. The van der Waals surface area contributed by atoms with Gasteiger partial charge in [0.1, 0.15) is 5.75 Å². The number of aliphatic hydroxyl groups excluding tert-OH is 1. The standard InChI is InChI=1S/C18H27ClO2/c1-2-3-4-5-6-7-8-17(20)13-15-12-16(19)11-14-9-10-21-18(14)15/h11-12,17,20H,2-10,13H2,1H3. The van der Waals surface area contributed by atoms with E-state index in [4.69, 9.17) is 16.3 Å². The number of hydrogen-bond acceptors (Lipinski definition) is 2. The average molecular weight is 311 g/mol. The zero-order valence-corrected chi connectivity index (χ0v) is 13.8. The molecule has 0 aromatic heterocycles. The molecule has 0 amide bonds. The summed E-state index contributed by atoms with van der Waals surface area (Å²) in [6.45, 7) is 2.96. The lowest BCUT2D eigenvalue weighted by Crippen LogP contribution is -2.11. The van der Waals surface area contributed by atoms with Crippen molar-refractivity contribution in [1.82, 2.24) is 0 Å². The van der Waals surface area contributed by atoms with Gasteiger partial charge in [0.15, 0.2) is 0 Å². The molecule has 118 valence electrons. The van der Waals surface area contributed by atoms with E-state index >= 15 is 0 Å². The SMILES string of the molecule is CCCCCCCCC(O)Cc1cc(Cl)cc2c1OCC2. The van der Waals surface area contributed by atoms with Crippen molar-refractivity contribution < 1.29 is 9.84 Å². The predicted octanol–water partition coefficient (Wildman–Crippen LogP) is 4.93. The molecule has 3 heteroatoms. The second-order valence-electron chi connectivity index (χ2n) is 6.07. The van der Waals surface area contributed by atoms with Crippen molar-refractivity contribution in [3.8, 4) is 5.75 Å². The molecule has 1 aromatic rings. The third-order valence-corrected chi connectivity index (χ3v) is 4.39. The normalized spacial score (nSPS) is 14.8. The van der Waals surface area contributed by atoms with Crippen LogP contribution in [0.25, 0.3) is 0 Å². The fourth-order valence-corrected chi connectivity index (χ4v) is 3.28. The van der Waals surface area contributed by atoms with Crippen molar-refractivity contribution in [2.75, 3.05) is 6.61 Å². The van der Waals surface area contributed by atoms with E-state index in [1.54, 1.807) is 0 Å². The molecule has 0 spiro atoms. The topological polar surface area (TPSA) is 29.5 Å². The summed E-state index contributed by atoms with van der Waals surface area (Å²) in [5, 5.41) is 11.0. The fraction of sp³-hybridized carbons (Fsp3) is 0.667. The van der Waals surface area contributed by atoms with Crippen LogP contribution in [0.5, 0.6) is 5.75 Å². The van der Waals surface area contributed by atoms with Crippen LogP contribution in [0.4, 0.5) is 0 Å². The number of hydrogen-bond donors (Lipinski definition) is 1. The Bertz CT molecular complexity index is 445. The second-order valence-corrected chi connectivity index (χ2v) is 6.50. The lowest BCUT2D eigenvalue weighted by molar-refractivity contribution is 0.159. The van der Waals surface area contributed by atoms with Crippen molar-refractivity contribution in [2.45, 2.75) is 70.8 Å². The van der Waals surface area contributed by atoms with Crippen LogP contribution >= 0.6 is 11.6 Å². The Hall–Kier alpha value is -0.730. The first-order chi connectivity index (χ1) is 10.2. The molecule has 0 saturated heterocycles. The molecule has 0 bridgehead atoms. The minimum Gasteiger partial charge on any atom is -0.493 e. The smallest absolute Gasteiger partial charge is 0.126 e. The van der Waals surface area contributed by atoms with E-state index in [1.807, 2.05) is 12.1 Å². The molecule has 1 unspecified atom stereocenters. The minimum absolute atomic E-state index is 0.289. The van der Waals surface area contributed by atoms with Crippen LogP contribution in [0.1, 0.15) is 63.0 Å². The van der Waals surface area contributed by atoms with Crippen LogP contribution in [0.15, 0.2) is 12.1 Å². The first-order valence-electron chi connectivity index (χ1n) is 8.33. The number of halogens is 1. The van der Waals surface area contributed by atoms with Crippen molar-refractivity contribution in [3.05, 3.63) is 28.3 Å². The van der Waals surface area contributed by atoms with E-state index in [9.17, 15) is 5.11 Å². The molecule has 1 aliphatic rings. The summed E-state index contributed by atoms with van der Waals surface area (Å²) in [6, 6.07) is 3.92. The highest BCUT2D eigenvalue weighted by atomic mass is 35.5. The highest BCUT2D eigenvalue weighted by molar-refractivity contribution is 6.30. The van der Waals surface area contributed by atoms with E-state index in [2.05, 4.69) is 6.92 Å². The molecular formula is C18H27ClO2. The highest BCUT2D eigenvalue weighted by Gasteiger charge is 2.19. The molecular weight excluding hydrogens is 284 g/mol. The molecule has 2 nitrogen and oxygen atoms in total. The largest absolute Gasteiger partial charge is 0.493 e. The zero-order chi connectivity index (χ0) is 15.1. The fourth-order valence-electron chi connectivity index (χ4n) is 3.01. The predicted molar refractivity (Wildman–Crippen MR) is 88.4 cm³/mol. The van der Waals surface area contributed by atoms with Gasteiger partial charge in [-0.1, -0.05) is 57.0 Å². The number of unbranched alkanes of at least 4 members (excludes halogenated alkanes) is 5. The third kappa shape index (κ3) is 5.19. The summed E-state index contributed by atoms with van der Waals surface area (Å²) in [6.07, 6.45) is 9.70.